The van der Waals surface area contributed by atoms with Gasteiger partial charge in [-0.25, -0.2) is 9.37 Å². The molecule has 0 aliphatic carbocycles. The molecule has 0 spiro atoms. The standard InChI is InChI=1S/C11H5Cl2FN4/c12-8-5-16-11(13)18-10(8)17-7-1-2-9(14)6(3-7)4-15/h1-3,5H,(H,16,17,18). The summed E-state index contributed by atoms with van der Waals surface area (Å²) < 4.78 is 13.1. The number of nitrogens with one attached hydrogen (secondary N) is 1. The lowest BCUT2D eigenvalue weighted by Gasteiger charge is -2.07. The topological polar surface area (TPSA) is 61.6 Å². The van der Waals surface area contributed by atoms with Crippen molar-refractivity contribution in [1.82, 2.24) is 9.97 Å². The van der Waals surface area contributed by atoms with Crippen LogP contribution in [0.4, 0.5) is 15.9 Å². The summed E-state index contributed by atoms with van der Waals surface area (Å²) in [5, 5.41) is 11.8. The monoisotopic (exact) mass is 282 g/mol. The third kappa shape index (κ3) is 2.67. The minimum absolute atomic E-state index is 0.0320. The number of hydrogen-bond donors (Lipinski definition) is 1. The number of anilines is 2. The van der Waals surface area contributed by atoms with Crippen molar-refractivity contribution in [2.45, 2.75) is 0 Å². The second-order valence-electron chi connectivity index (χ2n) is 3.27. The van der Waals surface area contributed by atoms with Gasteiger partial charge in [-0.2, -0.15) is 10.2 Å². The zero-order valence-electron chi connectivity index (χ0n) is 8.78. The van der Waals surface area contributed by atoms with Gasteiger partial charge in [0.05, 0.1) is 11.8 Å². The van der Waals surface area contributed by atoms with Crippen LogP contribution in [0, 0.1) is 17.1 Å². The molecular formula is C11H5Cl2FN4. The Kier molecular flexibility index (Phi) is 3.60. The third-order valence-corrected chi connectivity index (χ3v) is 2.52. The molecule has 0 atom stereocenters. The maximum Gasteiger partial charge on any atom is 0.224 e. The third-order valence-electron chi connectivity index (χ3n) is 2.06. The van der Waals surface area contributed by atoms with Crippen molar-refractivity contribution in [2.24, 2.45) is 0 Å². The normalized spacial score (nSPS) is 9.89. The molecule has 0 amide bonds. The molecule has 0 bridgehead atoms. The van der Waals surface area contributed by atoms with Crippen molar-refractivity contribution in [3.05, 3.63) is 46.1 Å². The van der Waals surface area contributed by atoms with Crippen LogP contribution in [-0.4, -0.2) is 9.97 Å². The van der Waals surface area contributed by atoms with Crippen molar-refractivity contribution in [2.75, 3.05) is 5.32 Å². The Morgan fingerprint density at radius 1 is 1.33 bits per heavy atom. The Morgan fingerprint density at radius 2 is 2.11 bits per heavy atom. The molecule has 7 heteroatoms. The average Bonchev–Trinajstić information content (AvgIpc) is 2.36. The van der Waals surface area contributed by atoms with Gasteiger partial charge in [-0.15, -0.1) is 0 Å². The number of aromatic nitrogens is 2. The summed E-state index contributed by atoms with van der Waals surface area (Å²) in [6.07, 6.45) is 1.34. The van der Waals surface area contributed by atoms with Gasteiger partial charge in [0.1, 0.15) is 16.9 Å². The maximum absolute atomic E-state index is 13.1. The molecule has 1 N–H and O–H groups in total. The molecule has 1 aromatic heterocycles. The number of rotatable bonds is 2. The van der Waals surface area contributed by atoms with Gasteiger partial charge >= 0.3 is 0 Å². The fourth-order valence-corrected chi connectivity index (χ4v) is 1.53. The summed E-state index contributed by atoms with van der Waals surface area (Å²) >= 11 is 11.5. The highest BCUT2D eigenvalue weighted by Crippen LogP contribution is 2.24. The van der Waals surface area contributed by atoms with Crippen LogP contribution in [0.3, 0.4) is 0 Å². The Balaban J connectivity index is 2.34. The van der Waals surface area contributed by atoms with E-state index in [2.05, 4.69) is 15.3 Å². The van der Waals surface area contributed by atoms with Crippen molar-refractivity contribution in [3.63, 3.8) is 0 Å². The van der Waals surface area contributed by atoms with E-state index < -0.39 is 5.82 Å². The SMILES string of the molecule is N#Cc1cc(Nc2nc(Cl)ncc2Cl)ccc1F. The van der Waals surface area contributed by atoms with Crippen LogP contribution in [-0.2, 0) is 0 Å². The van der Waals surface area contributed by atoms with Gasteiger partial charge in [-0.1, -0.05) is 11.6 Å². The number of benzene rings is 1. The van der Waals surface area contributed by atoms with Gasteiger partial charge in [0, 0.05) is 5.69 Å². The van der Waals surface area contributed by atoms with Crippen LogP contribution in [0.1, 0.15) is 5.56 Å². The summed E-state index contributed by atoms with van der Waals surface area (Å²) in [6, 6.07) is 5.73. The first kappa shape index (κ1) is 12.6. The van der Waals surface area contributed by atoms with Crippen LogP contribution >= 0.6 is 23.2 Å². The van der Waals surface area contributed by atoms with Crippen LogP contribution in [0.25, 0.3) is 0 Å². The van der Waals surface area contributed by atoms with Crippen molar-refractivity contribution in [3.8, 4) is 6.07 Å². The summed E-state index contributed by atoms with van der Waals surface area (Å²) in [6.45, 7) is 0. The molecule has 0 saturated heterocycles. The first-order valence-corrected chi connectivity index (χ1v) is 5.50. The van der Waals surface area contributed by atoms with Crippen molar-refractivity contribution >= 4 is 34.7 Å². The van der Waals surface area contributed by atoms with Gasteiger partial charge in [-0.05, 0) is 29.8 Å². The fraction of sp³-hybridized carbons (Fsp3) is 0. The van der Waals surface area contributed by atoms with Crippen molar-refractivity contribution in [1.29, 1.82) is 5.26 Å². The molecule has 0 saturated carbocycles. The van der Waals surface area contributed by atoms with Crippen LogP contribution in [0.5, 0.6) is 0 Å². The highest BCUT2D eigenvalue weighted by Gasteiger charge is 2.07. The maximum atomic E-state index is 13.1. The largest absolute Gasteiger partial charge is 0.339 e. The minimum atomic E-state index is -0.588. The molecular weight excluding hydrogens is 278 g/mol. The highest BCUT2D eigenvalue weighted by molar-refractivity contribution is 6.33. The molecule has 1 heterocycles. The number of halogens is 3. The first-order valence-electron chi connectivity index (χ1n) is 4.75. The van der Waals surface area contributed by atoms with E-state index in [0.29, 0.717) is 5.69 Å². The lowest BCUT2D eigenvalue weighted by molar-refractivity contribution is 0.624. The van der Waals surface area contributed by atoms with E-state index in [1.54, 1.807) is 6.07 Å². The molecule has 4 nitrogen and oxygen atoms in total. The van der Waals surface area contributed by atoms with E-state index in [-0.39, 0.29) is 21.7 Å². The van der Waals surface area contributed by atoms with E-state index in [9.17, 15) is 4.39 Å². The average molecular weight is 283 g/mol. The van der Waals surface area contributed by atoms with E-state index >= 15 is 0 Å². The molecule has 1 aromatic carbocycles. The van der Waals surface area contributed by atoms with Crippen LogP contribution in [0.15, 0.2) is 24.4 Å². The summed E-state index contributed by atoms with van der Waals surface area (Å²) in [4.78, 5) is 7.58. The molecule has 0 unspecified atom stereocenters. The van der Waals surface area contributed by atoms with E-state index in [0.717, 1.165) is 0 Å². The van der Waals surface area contributed by atoms with E-state index in [4.69, 9.17) is 28.5 Å². The second-order valence-corrected chi connectivity index (χ2v) is 4.01. The van der Waals surface area contributed by atoms with Gasteiger partial charge in [0.25, 0.3) is 0 Å². The molecule has 90 valence electrons. The van der Waals surface area contributed by atoms with Gasteiger partial charge in [0.2, 0.25) is 5.28 Å². The Hall–Kier alpha value is -1.90. The highest BCUT2D eigenvalue weighted by atomic mass is 35.5. The quantitative estimate of drug-likeness (QED) is 0.856. The van der Waals surface area contributed by atoms with Crippen molar-refractivity contribution < 1.29 is 4.39 Å². The molecule has 0 fully saturated rings. The van der Waals surface area contributed by atoms with Crippen LogP contribution in [0.2, 0.25) is 10.3 Å². The predicted molar refractivity (Wildman–Crippen MR) is 66.4 cm³/mol. The molecule has 0 aliphatic heterocycles. The first-order chi connectivity index (χ1) is 8.60. The van der Waals surface area contributed by atoms with E-state index in [1.807, 2.05) is 0 Å². The Morgan fingerprint density at radius 3 is 2.83 bits per heavy atom. The molecule has 2 rings (SSSR count). The summed E-state index contributed by atoms with van der Waals surface area (Å²) in [5.41, 5.74) is 0.404. The lowest BCUT2D eigenvalue weighted by Crippen LogP contribution is -1.97. The minimum Gasteiger partial charge on any atom is -0.339 e. The van der Waals surface area contributed by atoms with Crippen LogP contribution < -0.4 is 5.32 Å². The Labute approximate surface area is 112 Å². The Bertz CT molecular complexity index is 639. The second kappa shape index (κ2) is 5.17. The van der Waals surface area contributed by atoms with Gasteiger partial charge < -0.3 is 5.32 Å². The van der Waals surface area contributed by atoms with Gasteiger partial charge in [0.15, 0.2) is 5.82 Å². The molecule has 2 aromatic rings. The molecule has 0 aliphatic rings. The fourth-order valence-electron chi connectivity index (χ4n) is 1.26. The van der Waals surface area contributed by atoms with Gasteiger partial charge in [-0.3, -0.25) is 0 Å². The predicted octanol–water partition coefficient (Wildman–Crippen LogP) is 3.54. The number of nitriles is 1. The zero-order valence-corrected chi connectivity index (χ0v) is 10.3. The zero-order chi connectivity index (χ0) is 13.1. The smallest absolute Gasteiger partial charge is 0.224 e. The summed E-state index contributed by atoms with van der Waals surface area (Å²) in [5.74, 6) is -0.304. The molecule has 18 heavy (non-hydrogen) atoms. The lowest BCUT2D eigenvalue weighted by atomic mass is 10.2. The number of nitrogens with zero attached hydrogens (tertiary/aromatic N) is 3. The van der Waals surface area contributed by atoms with E-state index in [1.165, 1.54) is 24.4 Å². The molecule has 0 radical (unpaired) electrons. The number of hydrogen-bond acceptors (Lipinski definition) is 4. The summed E-state index contributed by atoms with van der Waals surface area (Å²) in [7, 11) is 0.